The van der Waals surface area contributed by atoms with Gasteiger partial charge in [0.05, 0.1) is 29.3 Å². The molecule has 14 heteroatoms. The molecule has 0 amide bonds. The Labute approximate surface area is 279 Å². The first-order valence-corrected chi connectivity index (χ1v) is 14.9. The Bertz CT molecular complexity index is 1240. The van der Waals surface area contributed by atoms with Crippen molar-refractivity contribution in [2.45, 2.75) is 45.8 Å². The summed E-state index contributed by atoms with van der Waals surface area (Å²) in [6.45, 7) is 13.1. The minimum absolute atomic E-state index is 0.0827. The van der Waals surface area contributed by atoms with Gasteiger partial charge in [-0.3, -0.25) is 9.59 Å². The van der Waals surface area contributed by atoms with Gasteiger partial charge < -0.3 is 43.1 Å². The smallest absolute Gasteiger partial charge is 0.330 e. The summed E-state index contributed by atoms with van der Waals surface area (Å²) in [6, 6.07) is 0. The Balaban J connectivity index is 3.24. The molecule has 48 heavy (non-hydrogen) atoms. The molecule has 0 aliphatic heterocycles. The number of rotatable bonds is 23. The number of hydrogen-bond acceptors (Lipinski definition) is 14. The number of carbonyl (C=O) groups is 7. The summed E-state index contributed by atoms with van der Waals surface area (Å²) in [5, 5.41) is 9.87. The van der Waals surface area contributed by atoms with E-state index in [1.54, 1.807) is 12.2 Å². The summed E-state index contributed by atoms with van der Waals surface area (Å²) in [7, 11) is 0. The molecule has 0 aromatic carbocycles. The summed E-state index contributed by atoms with van der Waals surface area (Å²) < 4.78 is 31.9. The van der Waals surface area contributed by atoms with Gasteiger partial charge >= 0.3 is 29.8 Å². The number of aliphatic hydroxyl groups excluding tert-OH is 1. The van der Waals surface area contributed by atoms with E-state index in [-0.39, 0.29) is 43.9 Å². The number of ether oxygens (including phenoxy) is 6. The molecule has 0 spiro atoms. The fourth-order valence-electron chi connectivity index (χ4n) is 4.79. The van der Waals surface area contributed by atoms with Gasteiger partial charge in [0.2, 0.25) is 0 Å². The molecule has 1 N–H and O–H groups in total. The lowest BCUT2D eigenvalue weighted by Crippen LogP contribution is -2.44. The minimum atomic E-state index is -1.47. The fraction of sp³-hybridized carbons (Fsp3) is 0.500. The fourth-order valence-corrected chi connectivity index (χ4v) is 4.79. The highest BCUT2D eigenvalue weighted by molar-refractivity contribution is 5.84. The van der Waals surface area contributed by atoms with Gasteiger partial charge in [-0.05, 0) is 32.8 Å². The van der Waals surface area contributed by atoms with E-state index >= 15 is 0 Å². The van der Waals surface area contributed by atoms with Crippen molar-refractivity contribution in [1.29, 1.82) is 0 Å². The van der Waals surface area contributed by atoms with E-state index in [1.165, 1.54) is 13.8 Å². The molecule has 0 saturated carbocycles. The SMILES string of the molecule is C=CC(=O)OCC(COC(=O)C=C)(COC(=O)C1CC=CCC1C(=O)OCC(COC(=O)C=C)(COC(O)C=C)CC(C)=O)CC(C)=O. The lowest BCUT2D eigenvalue weighted by molar-refractivity contribution is -0.174. The Kier molecular flexibility index (Phi) is 17.7. The molecule has 0 bridgehead atoms. The van der Waals surface area contributed by atoms with Crippen LogP contribution in [0.2, 0.25) is 0 Å². The molecule has 1 aliphatic rings. The van der Waals surface area contributed by atoms with E-state index in [2.05, 4.69) is 26.3 Å². The third-order valence-electron chi connectivity index (χ3n) is 7.15. The van der Waals surface area contributed by atoms with Crippen molar-refractivity contribution in [2.75, 3.05) is 39.6 Å². The van der Waals surface area contributed by atoms with Crippen LogP contribution >= 0.6 is 0 Å². The lowest BCUT2D eigenvalue weighted by Gasteiger charge is -2.34. The molecule has 0 radical (unpaired) electrons. The summed E-state index contributed by atoms with van der Waals surface area (Å²) in [5.74, 6) is -6.96. The normalized spacial score (nSPS) is 17.3. The monoisotopic (exact) mass is 676 g/mol. The first-order valence-electron chi connectivity index (χ1n) is 14.9. The number of aliphatic hydroxyl groups is 1. The van der Waals surface area contributed by atoms with Crippen LogP contribution in [0.4, 0.5) is 0 Å². The second-order valence-corrected chi connectivity index (χ2v) is 11.5. The zero-order chi connectivity index (χ0) is 36.3. The van der Waals surface area contributed by atoms with E-state index in [0.29, 0.717) is 0 Å². The van der Waals surface area contributed by atoms with E-state index in [0.717, 1.165) is 24.3 Å². The molecule has 0 fully saturated rings. The summed E-state index contributed by atoms with van der Waals surface area (Å²) >= 11 is 0. The predicted molar refractivity (Wildman–Crippen MR) is 168 cm³/mol. The van der Waals surface area contributed by atoms with Gasteiger partial charge in [0.15, 0.2) is 6.29 Å². The maximum absolute atomic E-state index is 13.4. The maximum Gasteiger partial charge on any atom is 0.330 e. The van der Waals surface area contributed by atoms with Gasteiger partial charge in [-0.2, -0.15) is 0 Å². The van der Waals surface area contributed by atoms with Crippen LogP contribution in [0.15, 0.2) is 62.8 Å². The van der Waals surface area contributed by atoms with Crippen LogP contribution in [-0.2, 0) is 62.0 Å². The Morgan fingerprint density at radius 2 is 0.979 bits per heavy atom. The third-order valence-corrected chi connectivity index (χ3v) is 7.15. The Morgan fingerprint density at radius 1 is 0.646 bits per heavy atom. The van der Waals surface area contributed by atoms with E-state index < -0.39 is 91.8 Å². The summed E-state index contributed by atoms with van der Waals surface area (Å²) in [5.41, 5.74) is -2.88. The number of esters is 5. The second-order valence-electron chi connectivity index (χ2n) is 11.5. The molecular formula is C34H44O14. The van der Waals surface area contributed by atoms with Gasteiger partial charge in [0, 0.05) is 31.1 Å². The molecule has 1 rings (SSSR count). The summed E-state index contributed by atoms with van der Waals surface area (Å²) in [4.78, 5) is 86.8. The van der Waals surface area contributed by atoms with Crippen LogP contribution in [0.5, 0.6) is 0 Å². The van der Waals surface area contributed by atoms with Crippen molar-refractivity contribution in [3.05, 3.63) is 62.8 Å². The van der Waals surface area contributed by atoms with Gasteiger partial charge in [-0.15, -0.1) is 0 Å². The Hall–Kier alpha value is -4.69. The quantitative estimate of drug-likeness (QED) is 0.0544. The van der Waals surface area contributed by atoms with Crippen molar-refractivity contribution in [3.63, 3.8) is 0 Å². The first-order chi connectivity index (χ1) is 22.6. The Morgan fingerprint density at radius 3 is 1.29 bits per heavy atom. The molecular weight excluding hydrogens is 632 g/mol. The minimum Gasteiger partial charge on any atom is -0.465 e. The highest BCUT2D eigenvalue weighted by Gasteiger charge is 2.42. The van der Waals surface area contributed by atoms with Gasteiger partial charge in [0.25, 0.3) is 0 Å². The van der Waals surface area contributed by atoms with E-state index in [9.17, 15) is 38.7 Å². The molecule has 0 aromatic heterocycles. The van der Waals surface area contributed by atoms with Gasteiger partial charge in [0.1, 0.15) is 44.6 Å². The molecule has 14 nitrogen and oxygen atoms in total. The maximum atomic E-state index is 13.4. The predicted octanol–water partition coefficient (Wildman–Crippen LogP) is 2.29. The van der Waals surface area contributed by atoms with Crippen molar-refractivity contribution in [2.24, 2.45) is 22.7 Å². The van der Waals surface area contributed by atoms with Crippen LogP contribution in [-0.4, -0.2) is 92.5 Å². The van der Waals surface area contributed by atoms with Crippen LogP contribution in [0.1, 0.15) is 39.5 Å². The highest BCUT2D eigenvalue weighted by Crippen LogP contribution is 2.32. The number of ketones is 2. The highest BCUT2D eigenvalue weighted by atomic mass is 16.6. The first kappa shape index (κ1) is 41.3. The second kappa shape index (κ2) is 20.5. The van der Waals surface area contributed by atoms with Crippen LogP contribution in [0.25, 0.3) is 0 Å². The zero-order valence-corrected chi connectivity index (χ0v) is 27.4. The third kappa shape index (κ3) is 14.4. The van der Waals surface area contributed by atoms with E-state index in [1.807, 2.05) is 0 Å². The molecule has 4 unspecified atom stereocenters. The zero-order valence-electron chi connectivity index (χ0n) is 27.4. The average molecular weight is 677 g/mol. The molecule has 0 aromatic rings. The van der Waals surface area contributed by atoms with Crippen LogP contribution in [0, 0.1) is 22.7 Å². The molecule has 4 atom stereocenters. The van der Waals surface area contributed by atoms with Crippen molar-refractivity contribution < 1.29 is 67.1 Å². The van der Waals surface area contributed by atoms with Crippen LogP contribution < -0.4 is 0 Å². The number of carbonyl (C=O) groups excluding carboxylic acids is 7. The van der Waals surface area contributed by atoms with Crippen molar-refractivity contribution >= 4 is 41.4 Å². The van der Waals surface area contributed by atoms with E-state index in [4.69, 9.17) is 28.4 Å². The van der Waals surface area contributed by atoms with Crippen molar-refractivity contribution in [3.8, 4) is 0 Å². The topological polar surface area (TPSA) is 195 Å². The van der Waals surface area contributed by atoms with Gasteiger partial charge in [-0.1, -0.05) is 38.5 Å². The standard InChI is InChI=1S/C34H44O14/c1-7-27(37)43-17-33(15-23(5)35,18-44-28(38)8-2)21-47-31(41)25-13-11-12-14-26(25)32(42)48-22-34(16-24(6)36,19-45-29(39)9-3)20-46-30(40)10-4/h7-12,25-27,37H,1-4,13-22H2,5-6H3. The number of hydrogen-bond donors (Lipinski definition) is 1. The van der Waals surface area contributed by atoms with Crippen molar-refractivity contribution in [1.82, 2.24) is 0 Å². The molecule has 1 aliphatic carbocycles. The number of Topliss-reactive ketones (excluding diaryl/α,β-unsaturated/α-hetero) is 2. The van der Waals surface area contributed by atoms with Crippen LogP contribution in [0.3, 0.4) is 0 Å². The largest absolute Gasteiger partial charge is 0.465 e. The lowest BCUT2D eigenvalue weighted by atomic mass is 9.82. The number of allylic oxidation sites excluding steroid dienone is 2. The molecule has 0 heterocycles. The van der Waals surface area contributed by atoms with Gasteiger partial charge in [-0.25, -0.2) is 14.4 Å². The molecule has 0 saturated heterocycles. The average Bonchev–Trinajstić information content (AvgIpc) is 3.07. The summed E-state index contributed by atoms with van der Waals surface area (Å²) in [6.07, 6.45) is 5.31. The molecule has 264 valence electrons.